The van der Waals surface area contributed by atoms with Crippen LogP contribution in [0.25, 0.3) is 0 Å². The summed E-state index contributed by atoms with van der Waals surface area (Å²) >= 11 is 4.91. The Bertz CT molecular complexity index is 480. The molecule has 1 atom stereocenters. The van der Waals surface area contributed by atoms with Crippen molar-refractivity contribution >= 4 is 34.5 Å². The first-order valence-electron chi connectivity index (χ1n) is 7.07. The average molecular weight is 291 g/mol. The molecule has 0 saturated carbocycles. The lowest BCUT2D eigenvalue weighted by Gasteiger charge is -2.18. The Labute approximate surface area is 125 Å². The minimum atomic E-state index is -0.400. The quantitative estimate of drug-likeness (QED) is 0.819. The molecule has 0 bridgehead atoms. The van der Waals surface area contributed by atoms with Crippen molar-refractivity contribution in [2.24, 2.45) is 11.7 Å². The molecule has 1 aromatic rings. The summed E-state index contributed by atoms with van der Waals surface area (Å²) in [6.45, 7) is 4.13. The van der Waals surface area contributed by atoms with E-state index >= 15 is 0 Å². The zero-order valence-electron chi connectivity index (χ0n) is 11.8. The van der Waals surface area contributed by atoms with E-state index in [0.717, 1.165) is 18.8 Å². The van der Waals surface area contributed by atoms with Gasteiger partial charge in [0.15, 0.2) is 0 Å². The third-order valence-electron chi connectivity index (χ3n) is 3.67. The number of nitrogens with one attached hydrogen (secondary N) is 1. The van der Waals surface area contributed by atoms with Crippen molar-refractivity contribution in [1.29, 1.82) is 0 Å². The molecule has 108 valence electrons. The van der Waals surface area contributed by atoms with Gasteiger partial charge in [0.1, 0.15) is 0 Å². The highest BCUT2D eigenvalue weighted by Crippen LogP contribution is 2.22. The molecule has 5 heteroatoms. The third kappa shape index (κ3) is 3.48. The lowest BCUT2D eigenvalue weighted by Crippen LogP contribution is -2.32. The van der Waals surface area contributed by atoms with Gasteiger partial charge in [0.2, 0.25) is 5.91 Å². The number of anilines is 2. The molecule has 1 fully saturated rings. The largest absolute Gasteiger partial charge is 0.393 e. The Hall–Kier alpha value is -1.62. The number of nitrogens with two attached hydrogens (primary N) is 1. The Balaban J connectivity index is 1.99. The third-order valence-corrected chi connectivity index (χ3v) is 3.96. The van der Waals surface area contributed by atoms with E-state index in [-0.39, 0.29) is 10.9 Å². The number of hydrogen-bond donors (Lipinski definition) is 2. The monoisotopic (exact) mass is 291 g/mol. The normalized spacial score (nSPS) is 15.9. The van der Waals surface area contributed by atoms with Gasteiger partial charge >= 0.3 is 0 Å². The van der Waals surface area contributed by atoms with E-state index in [9.17, 15) is 4.79 Å². The van der Waals surface area contributed by atoms with Crippen LogP contribution in [0.1, 0.15) is 26.2 Å². The van der Waals surface area contributed by atoms with Gasteiger partial charge in [-0.05, 0) is 43.5 Å². The molecule has 0 spiro atoms. The van der Waals surface area contributed by atoms with Gasteiger partial charge in [-0.1, -0.05) is 19.1 Å². The SMILES string of the molecule is CCC(C(=O)Nc1ccc(N2CCCC2)cc1)C(N)=S. The van der Waals surface area contributed by atoms with E-state index in [4.69, 9.17) is 18.0 Å². The number of carbonyl (C=O) groups excluding carboxylic acids is 1. The molecule has 1 aromatic carbocycles. The van der Waals surface area contributed by atoms with Crippen LogP contribution in [-0.2, 0) is 4.79 Å². The van der Waals surface area contributed by atoms with Crippen LogP contribution in [0.3, 0.4) is 0 Å². The molecule has 1 saturated heterocycles. The molecule has 2 rings (SSSR count). The van der Waals surface area contributed by atoms with Gasteiger partial charge < -0.3 is 16.0 Å². The summed E-state index contributed by atoms with van der Waals surface area (Å²) < 4.78 is 0. The van der Waals surface area contributed by atoms with E-state index in [0.29, 0.717) is 6.42 Å². The zero-order valence-corrected chi connectivity index (χ0v) is 12.6. The van der Waals surface area contributed by atoms with Crippen LogP contribution in [0, 0.1) is 5.92 Å². The summed E-state index contributed by atoms with van der Waals surface area (Å²) in [5.41, 5.74) is 7.57. The first-order chi connectivity index (χ1) is 9.61. The minimum Gasteiger partial charge on any atom is -0.393 e. The predicted molar refractivity (Wildman–Crippen MR) is 87.1 cm³/mol. The van der Waals surface area contributed by atoms with Gasteiger partial charge in [0, 0.05) is 24.5 Å². The van der Waals surface area contributed by atoms with Crippen LogP contribution >= 0.6 is 12.2 Å². The molecule has 1 amide bonds. The molecule has 1 unspecified atom stereocenters. The molecule has 0 aromatic heterocycles. The second-order valence-corrected chi connectivity index (χ2v) is 5.56. The second kappa shape index (κ2) is 6.70. The molecule has 0 aliphatic carbocycles. The smallest absolute Gasteiger partial charge is 0.234 e. The number of thiocarbonyl (C=S) groups is 1. The Morgan fingerprint density at radius 3 is 2.45 bits per heavy atom. The van der Waals surface area contributed by atoms with E-state index in [2.05, 4.69) is 10.2 Å². The minimum absolute atomic E-state index is 0.131. The average Bonchev–Trinajstić information content (AvgIpc) is 2.94. The number of nitrogens with zero attached hydrogens (tertiary/aromatic N) is 1. The summed E-state index contributed by atoms with van der Waals surface area (Å²) in [7, 11) is 0. The van der Waals surface area contributed by atoms with Crippen LogP contribution in [0.2, 0.25) is 0 Å². The molecule has 1 aliphatic rings. The molecule has 1 aliphatic heterocycles. The standard InChI is InChI=1S/C15H21N3OS/c1-2-13(14(16)20)15(19)17-11-5-7-12(8-6-11)18-9-3-4-10-18/h5-8,13H,2-4,9-10H2,1H3,(H2,16,20)(H,17,19). The number of carbonyl (C=O) groups is 1. The maximum atomic E-state index is 12.0. The Kier molecular flexibility index (Phi) is 4.95. The van der Waals surface area contributed by atoms with Crippen molar-refractivity contribution in [3.63, 3.8) is 0 Å². The molecule has 0 radical (unpaired) electrons. The first-order valence-corrected chi connectivity index (χ1v) is 7.48. The van der Waals surface area contributed by atoms with E-state index < -0.39 is 5.92 Å². The summed E-state index contributed by atoms with van der Waals surface area (Å²) in [6.07, 6.45) is 3.13. The number of benzene rings is 1. The fraction of sp³-hybridized carbons (Fsp3) is 0.467. The van der Waals surface area contributed by atoms with Gasteiger partial charge in [-0.3, -0.25) is 4.79 Å². The zero-order chi connectivity index (χ0) is 14.5. The summed E-state index contributed by atoms with van der Waals surface area (Å²) in [4.78, 5) is 14.6. The molecule has 4 nitrogen and oxygen atoms in total. The second-order valence-electron chi connectivity index (χ2n) is 5.09. The van der Waals surface area contributed by atoms with Gasteiger partial charge in [0.05, 0.1) is 10.9 Å². The number of hydrogen-bond acceptors (Lipinski definition) is 3. The van der Waals surface area contributed by atoms with Crippen LogP contribution in [0.4, 0.5) is 11.4 Å². The fourth-order valence-electron chi connectivity index (χ4n) is 2.48. The van der Waals surface area contributed by atoms with Gasteiger partial charge in [-0.25, -0.2) is 0 Å². The van der Waals surface area contributed by atoms with Crippen molar-refractivity contribution in [1.82, 2.24) is 0 Å². The van der Waals surface area contributed by atoms with Crippen LogP contribution < -0.4 is 16.0 Å². The first kappa shape index (κ1) is 14.8. The Morgan fingerprint density at radius 2 is 1.95 bits per heavy atom. The van der Waals surface area contributed by atoms with E-state index in [1.165, 1.54) is 18.5 Å². The van der Waals surface area contributed by atoms with Gasteiger partial charge in [0.25, 0.3) is 0 Å². The molecule has 20 heavy (non-hydrogen) atoms. The van der Waals surface area contributed by atoms with Crippen molar-refractivity contribution in [3.8, 4) is 0 Å². The molecular formula is C15H21N3OS. The summed E-state index contributed by atoms with van der Waals surface area (Å²) in [5.74, 6) is -0.530. The molecule has 1 heterocycles. The maximum Gasteiger partial charge on any atom is 0.234 e. The lowest BCUT2D eigenvalue weighted by molar-refractivity contribution is -0.118. The maximum absolute atomic E-state index is 12.0. The van der Waals surface area contributed by atoms with E-state index in [1.807, 2.05) is 31.2 Å². The van der Waals surface area contributed by atoms with Crippen LogP contribution in [0.15, 0.2) is 24.3 Å². The van der Waals surface area contributed by atoms with Crippen molar-refractivity contribution in [2.45, 2.75) is 26.2 Å². The Morgan fingerprint density at radius 1 is 1.35 bits per heavy atom. The topological polar surface area (TPSA) is 58.4 Å². The summed E-state index contributed by atoms with van der Waals surface area (Å²) in [5, 5.41) is 2.87. The fourth-order valence-corrected chi connectivity index (χ4v) is 2.75. The number of amides is 1. The number of rotatable bonds is 5. The van der Waals surface area contributed by atoms with Gasteiger partial charge in [-0.2, -0.15) is 0 Å². The van der Waals surface area contributed by atoms with Crippen molar-refractivity contribution < 1.29 is 4.79 Å². The lowest BCUT2D eigenvalue weighted by atomic mass is 10.1. The van der Waals surface area contributed by atoms with E-state index in [1.54, 1.807) is 0 Å². The van der Waals surface area contributed by atoms with Gasteiger partial charge in [-0.15, -0.1) is 0 Å². The highest BCUT2D eigenvalue weighted by molar-refractivity contribution is 7.80. The summed E-state index contributed by atoms with van der Waals surface area (Å²) in [6, 6.07) is 7.95. The van der Waals surface area contributed by atoms with Crippen molar-refractivity contribution in [3.05, 3.63) is 24.3 Å². The molecular weight excluding hydrogens is 270 g/mol. The molecule has 3 N–H and O–H groups in total. The highest BCUT2D eigenvalue weighted by atomic mass is 32.1. The van der Waals surface area contributed by atoms with Crippen LogP contribution in [-0.4, -0.2) is 24.0 Å². The van der Waals surface area contributed by atoms with Crippen LogP contribution in [0.5, 0.6) is 0 Å². The predicted octanol–water partition coefficient (Wildman–Crippen LogP) is 2.54. The van der Waals surface area contributed by atoms with Crippen molar-refractivity contribution in [2.75, 3.05) is 23.3 Å². The highest BCUT2D eigenvalue weighted by Gasteiger charge is 2.19.